The average molecular weight is 916 g/mol. The van der Waals surface area contributed by atoms with Gasteiger partial charge in [-0.15, -0.1) is 0 Å². The average Bonchev–Trinajstić information content (AvgIpc) is 3.96. The molecule has 2 saturated heterocycles. The van der Waals surface area contributed by atoms with Crippen LogP contribution in [0, 0.1) is 0 Å². The molecule has 6 aromatic rings. The quantitative estimate of drug-likeness (QED) is 0.0542. The van der Waals surface area contributed by atoms with Crippen molar-refractivity contribution in [3.63, 3.8) is 0 Å². The van der Waals surface area contributed by atoms with E-state index in [0.29, 0.717) is 6.61 Å². The SMILES string of the molecule is C=CCOC(=O)[C@@H]1C[C@@H](O[C@H]2O[C@H](COCc3ccccc3)[C@H](OCc3ccccc3)[C@H](OCc3ccccc3)[C@H]2OCc2ccccc2)CN1C(=O)OCC1c2ccccc2-c2ccccc21. The van der Waals surface area contributed by atoms with Crippen LogP contribution in [0.2, 0.25) is 0 Å². The van der Waals surface area contributed by atoms with Crippen molar-refractivity contribution in [1.29, 1.82) is 0 Å². The molecule has 0 radical (unpaired) electrons. The van der Waals surface area contributed by atoms with Crippen LogP contribution in [0.5, 0.6) is 0 Å². The Kier molecular flexibility index (Phi) is 15.8. The number of nitrogens with zero attached hydrogens (tertiary/aromatic N) is 1. The third-order valence-electron chi connectivity index (χ3n) is 12.6. The molecule has 11 nitrogen and oxygen atoms in total. The number of benzene rings is 6. The molecule has 1 aliphatic carbocycles. The molecule has 2 aliphatic heterocycles. The van der Waals surface area contributed by atoms with Crippen LogP contribution in [-0.2, 0) is 69.1 Å². The van der Waals surface area contributed by atoms with Gasteiger partial charge in [-0.25, -0.2) is 9.59 Å². The fraction of sp³-hybridized carbons (Fsp3) is 0.298. The normalized spacial score (nSPS) is 22.0. The Balaban J connectivity index is 1.00. The van der Waals surface area contributed by atoms with Gasteiger partial charge in [-0.1, -0.05) is 183 Å². The summed E-state index contributed by atoms with van der Waals surface area (Å²) in [6.07, 6.45) is -3.76. The second kappa shape index (κ2) is 23.0. The van der Waals surface area contributed by atoms with E-state index in [1.165, 1.54) is 11.0 Å². The van der Waals surface area contributed by atoms with Crippen LogP contribution < -0.4 is 0 Å². The molecule has 0 bridgehead atoms. The first kappa shape index (κ1) is 46.7. The van der Waals surface area contributed by atoms with Crippen LogP contribution >= 0.6 is 0 Å². The van der Waals surface area contributed by atoms with Crippen molar-refractivity contribution in [3.8, 4) is 11.1 Å². The van der Waals surface area contributed by atoms with E-state index in [-0.39, 0.29) is 58.5 Å². The van der Waals surface area contributed by atoms with Crippen molar-refractivity contribution in [3.05, 3.63) is 216 Å². The fourth-order valence-electron chi connectivity index (χ4n) is 9.28. The van der Waals surface area contributed by atoms with Crippen LogP contribution in [0.4, 0.5) is 4.79 Å². The predicted molar refractivity (Wildman–Crippen MR) is 256 cm³/mol. The van der Waals surface area contributed by atoms with E-state index >= 15 is 0 Å². The lowest BCUT2D eigenvalue weighted by atomic mass is 9.97. The summed E-state index contributed by atoms with van der Waals surface area (Å²) in [5, 5.41) is 0. The number of rotatable bonds is 20. The highest BCUT2D eigenvalue weighted by molar-refractivity contribution is 5.83. The molecular weight excluding hydrogens is 859 g/mol. The number of hydrogen-bond acceptors (Lipinski definition) is 10. The summed E-state index contributed by atoms with van der Waals surface area (Å²) in [7, 11) is 0. The van der Waals surface area contributed by atoms with Crippen molar-refractivity contribution in [2.45, 2.75) is 81.6 Å². The number of carbonyl (C=O) groups excluding carboxylic acids is 2. The van der Waals surface area contributed by atoms with E-state index in [0.717, 1.165) is 44.5 Å². The molecule has 7 atom stereocenters. The summed E-state index contributed by atoms with van der Waals surface area (Å²) in [6, 6.07) is 55.0. The van der Waals surface area contributed by atoms with E-state index < -0.39 is 54.9 Å². The lowest BCUT2D eigenvalue weighted by Gasteiger charge is -2.46. The number of likely N-dealkylation sites (tertiary alicyclic amines) is 1. The van der Waals surface area contributed by atoms with Gasteiger partial charge in [-0.3, -0.25) is 4.90 Å². The smallest absolute Gasteiger partial charge is 0.410 e. The minimum absolute atomic E-state index is 0.0179. The Labute approximate surface area is 398 Å². The third-order valence-corrected chi connectivity index (χ3v) is 12.6. The standard InChI is InChI=1S/C57H57NO10/c1-2-31-62-55(59)50-32-44(33-58(50)57(60)66-38-49-47-29-17-15-27-45(47)46-28-16-18-30-48(46)49)67-56-54(65-37-43-25-13-6-14-26-43)53(64-36-42-23-11-5-12-24-42)52(63-35-41-21-9-4-10-22-41)51(68-56)39-61-34-40-19-7-3-8-20-40/h2-30,44,49-54,56H,1,31-39H2/t44-,50+,51-,52+,53+,54-,56+/m1/s1. The Hall–Kier alpha value is -6.44. The summed E-state index contributed by atoms with van der Waals surface area (Å²) in [5.41, 5.74) is 8.29. The van der Waals surface area contributed by atoms with E-state index in [1.54, 1.807) is 0 Å². The molecule has 2 fully saturated rings. The summed E-state index contributed by atoms with van der Waals surface area (Å²) < 4.78 is 52.6. The van der Waals surface area contributed by atoms with Crippen LogP contribution in [-0.4, -0.2) is 86.2 Å². The number of amides is 1. The maximum Gasteiger partial charge on any atom is 0.410 e. The molecular formula is C57H57NO10. The second-order valence-corrected chi connectivity index (χ2v) is 17.2. The van der Waals surface area contributed by atoms with Gasteiger partial charge in [0.05, 0.1) is 45.7 Å². The Morgan fingerprint density at radius 3 is 1.60 bits per heavy atom. The maximum absolute atomic E-state index is 14.3. The number of fused-ring (bicyclic) bond motifs is 3. The van der Waals surface area contributed by atoms with Gasteiger partial charge in [0.25, 0.3) is 0 Å². The van der Waals surface area contributed by atoms with Crippen LogP contribution in [0.25, 0.3) is 11.1 Å². The largest absolute Gasteiger partial charge is 0.460 e. The van der Waals surface area contributed by atoms with E-state index in [2.05, 4.69) is 30.8 Å². The molecule has 68 heavy (non-hydrogen) atoms. The molecule has 9 rings (SSSR count). The monoisotopic (exact) mass is 915 g/mol. The topological polar surface area (TPSA) is 111 Å². The van der Waals surface area contributed by atoms with E-state index in [9.17, 15) is 9.59 Å². The minimum atomic E-state index is -1.06. The van der Waals surface area contributed by atoms with Gasteiger partial charge in [-0.2, -0.15) is 0 Å². The summed E-state index contributed by atoms with van der Waals surface area (Å²) in [5.74, 6) is -0.757. The van der Waals surface area contributed by atoms with Gasteiger partial charge < -0.3 is 37.9 Å². The zero-order valence-electron chi connectivity index (χ0n) is 38.0. The summed E-state index contributed by atoms with van der Waals surface area (Å²) in [4.78, 5) is 29.5. The number of ether oxygens (including phenoxy) is 8. The first-order chi connectivity index (χ1) is 33.5. The predicted octanol–water partition coefficient (Wildman–Crippen LogP) is 9.82. The molecule has 0 spiro atoms. The molecule has 1 amide bonds. The minimum Gasteiger partial charge on any atom is -0.460 e. The van der Waals surface area contributed by atoms with Gasteiger partial charge in [-0.05, 0) is 44.5 Å². The molecule has 3 aliphatic rings. The van der Waals surface area contributed by atoms with Crippen molar-refractivity contribution in [1.82, 2.24) is 4.90 Å². The van der Waals surface area contributed by atoms with Gasteiger partial charge in [0.2, 0.25) is 0 Å². The molecule has 0 N–H and O–H groups in total. The molecule has 6 aromatic carbocycles. The highest BCUT2D eigenvalue weighted by Crippen LogP contribution is 2.45. The van der Waals surface area contributed by atoms with Crippen LogP contribution in [0.15, 0.2) is 183 Å². The molecule has 350 valence electrons. The third kappa shape index (κ3) is 11.4. The first-order valence-electron chi connectivity index (χ1n) is 23.3. The van der Waals surface area contributed by atoms with Gasteiger partial charge in [0.15, 0.2) is 6.29 Å². The molecule has 11 heteroatoms. The highest BCUT2D eigenvalue weighted by Gasteiger charge is 2.52. The zero-order valence-corrected chi connectivity index (χ0v) is 38.0. The number of carbonyl (C=O) groups is 2. The van der Waals surface area contributed by atoms with E-state index in [1.807, 2.05) is 146 Å². The summed E-state index contributed by atoms with van der Waals surface area (Å²) >= 11 is 0. The summed E-state index contributed by atoms with van der Waals surface area (Å²) in [6.45, 7) is 5.03. The highest BCUT2D eigenvalue weighted by atomic mass is 16.7. The van der Waals surface area contributed by atoms with E-state index in [4.69, 9.17) is 37.9 Å². The maximum atomic E-state index is 14.3. The van der Waals surface area contributed by atoms with Crippen molar-refractivity contribution < 1.29 is 47.5 Å². The van der Waals surface area contributed by atoms with Crippen molar-refractivity contribution in [2.24, 2.45) is 0 Å². The van der Waals surface area contributed by atoms with Crippen molar-refractivity contribution >= 4 is 12.1 Å². The van der Waals surface area contributed by atoms with Gasteiger partial charge in [0.1, 0.15) is 43.7 Å². The number of hydrogen-bond donors (Lipinski definition) is 0. The van der Waals surface area contributed by atoms with Gasteiger partial charge in [0, 0.05) is 12.3 Å². The van der Waals surface area contributed by atoms with Gasteiger partial charge >= 0.3 is 12.1 Å². The molecule has 0 unspecified atom stereocenters. The van der Waals surface area contributed by atoms with Crippen LogP contribution in [0.3, 0.4) is 0 Å². The fourth-order valence-corrected chi connectivity index (χ4v) is 9.28. The van der Waals surface area contributed by atoms with Crippen LogP contribution in [0.1, 0.15) is 45.7 Å². The molecule has 0 aromatic heterocycles. The first-order valence-corrected chi connectivity index (χ1v) is 23.3. The Morgan fingerprint density at radius 2 is 1.06 bits per heavy atom. The molecule has 0 saturated carbocycles. The zero-order chi connectivity index (χ0) is 46.5. The lowest BCUT2D eigenvalue weighted by Crippen LogP contribution is -2.62. The van der Waals surface area contributed by atoms with Crippen molar-refractivity contribution in [2.75, 3.05) is 26.4 Å². The second-order valence-electron chi connectivity index (χ2n) is 17.2. The Morgan fingerprint density at radius 1 is 0.574 bits per heavy atom. The molecule has 2 heterocycles. The Bertz CT molecular complexity index is 2500. The number of esters is 1. The lowest BCUT2D eigenvalue weighted by molar-refractivity contribution is -0.335.